The number of hydrogen-bond acceptors (Lipinski definition) is 2. The Balaban J connectivity index is 1.93. The number of rotatable bonds is 3. The van der Waals surface area contributed by atoms with Crippen LogP contribution in [0.3, 0.4) is 0 Å². The van der Waals surface area contributed by atoms with Gasteiger partial charge in [0.05, 0.1) is 17.3 Å². The summed E-state index contributed by atoms with van der Waals surface area (Å²) in [5, 5.41) is 9.14. The van der Waals surface area contributed by atoms with E-state index < -0.39 is 54.2 Å². The van der Waals surface area contributed by atoms with Crippen molar-refractivity contribution < 1.29 is 32.3 Å². The Bertz CT molecular complexity index is 713. The number of carboxylic acid groups (broad SMARTS) is 1. The SMILES string of the molecule is O=C(O)[C@@H]1CN(C(=O)C2(c3cccc(F)c3)CCCC2)C[C@H]1C(F)(F)F. The van der Waals surface area contributed by atoms with Crippen LogP contribution in [-0.2, 0) is 15.0 Å². The molecule has 3 rings (SSSR count). The van der Waals surface area contributed by atoms with E-state index in [1.807, 2.05) is 0 Å². The van der Waals surface area contributed by atoms with E-state index in [1.54, 1.807) is 6.07 Å². The van der Waals surface area contributed by atoms with E-state index >= 15 is 0 Å². The number of likely N-dealkylation sites (tertiary alicyclic amines) is 1. The van der Waals surface area contributed by atoms with Crippen molar-refractivity contribution in [1.29, 1.82) is 0 Å². The summed E-state index contributed by atoms with van der Waals surface area (Å²) in [7, 11) is 0. The summed E-state index contributed by atoms with van der Waals surface area (Å²) in [6, 6.07) is 5.57. The molecule has 1 N–H and O–H groups in total. The van der Waals surface area contributed by atoms with Gasteiger partial charge in [0.1, 0.15) is 5.82 Å². The number of nitrogens with zero attached hydrogens (tertiary/aromatic N) is 1. The van der Waals surface area contributed by atoms with Gasteiger partial charge in [0.15, 0.2) is 0 Å². The predicted molar refractivity (Wildman–Crippen MR) is 83.8 cm³/mol. The summed E-state index contributed by atoms with van der Waals surface area (Å²) in [5.41, 5.74) is -0.631. The van der Waals surface area contributed by atoms with E-state index in [1.165, 1.54) is 18.2 Å². The van der Waals surface area contributed by atoms with Gasteiger partial charge >= 0.3 is 12.1 Å². The van der Waals surface area contributed by atoms with Gasteiger partial charge in [-0.2, -0.15) is 13.2 Å². The van der Waals surface area contributed by atoms with Gasteiger partial charge in [-0.15, -0.1) is 0 Å². The lowest BCUT2D eigenvalue weighted by molar-refractivity contribution is -0.188. The molecule has 8 heteroatoms. The van der Waals surface area contributed by atoms with Crippen LogP contribution in [0.25, 0.3) is 0 Å². The van der Waals surface area contributed by atoms with Gasteiger partial charge in [-0.3, -0.25) is 9.59 Å². The molecule has 142 valence electrons. The number of carbonyl (C=O) groups excluding carboxylic acids is 1. The van der Waals surface area contributed by atoms with Crippen LogP contribution < -0.4 is 0 Å². The summed E-state index contributed by atoms with van der Waals surface area (Å²) in [5.74, 6) is -6.37. The molecule has 0 unspecified atom stereocenters. The molecular weight excluding hydrogens is 354 g/mol. The molecule has 1 saturated heterocycles. The first-order valence-corrected chi connectivity index (χ1v) is 8.50. The van der Waals surface area contributed by atoms with Gasteiger partial charge in [0.2, 0.25) is 5.91 Å². The molecule has 1 saturated carbocycles. The molecule has 2 fully saturated rings. The van der Waals surface area contributed by atoms with Crippen LogP contribution >= 0.6 is 0 Å². The average Bonchev–Trinajstić information content (AvgIpc) is 3.22. The Morgan fingerprint density at radius 3 is 2.31 bits per heavy atom. The van der Waals surface area contributed by atoms with E-state index in [0.29, 0.717) is 31.2 Å². The van der Waals surface area contributed by atoms with Crippen LogP contribution in [0.15, 0.2) is 24.3 Å². The van der Waals surface area contributed by atoms with Crippen LogP contribution in [0.5, 0.6) is 0 Å². The maximum atomic E-state index is 13.7. The molecule has 26 heavy (non-hydrogen) atoms. The minimum Gasteiger partial charge on any atom is -0.481 e. The van der Waals surface area contributed by atoms with Gasteiger partial charge in [-0.25, -0.2) is 4.39 Å². The highest BCUT2D eigenvalue weighted by molar-refractivity contribution is 5.89. The normalized spacial score (nSPS) is 25.5. The molecule has 0 aromatic heterocycles. The molecule has 0 radical (unpaired) electrons. The Kier molecular flexibility index (Phi) is 4.71. The summed E-state index contributed by atoms with van der Waals surface area (Å²) < 4.78 is 53.3. The topological polar surface area (TPSA) is 57.6 Å². The maximum Gasteiger partial charge on any atom is 0.394 e. The molecule has 1 aliphatic carbocycles. The second kappa shape index (κ2) is 6.55. The molecular formula is C18H19F4NO3. The van der Waals surface area contributed by atoms with E-state index in [9.17, 15) is 27.2 Å². The van der Waals surface area contributed by atoms with Gasteiger partial charge in [0.25, 0.3) is 0 Å². The number of aliphatic carboxylic acids is 1. The molecule has 2 atom stereocenters. The highest BCUT2D eigenvalue weighted by atomic mass is 19.4. The first kappa shape index (κ1) is 18.7. The van der Waals surface area contributed by atoms with Crippen molar-refractivity contribution in [2.75, 3.05) is 13.1 Å². The second-order valence-corrected chi connectivity index (χ2v) is 7.10. The second-order valence-electron chi connectivity index (χ2n) is 7.10. The molecule has 0 spiro atoms. The lowest BCUT2D eigenvalue weighted by atomic mass is 9.77. The monoisotopic (exact) mass is 373 g/mol. The minimum absolute atomic E-state index is 0.417. The quantitative estimate of drug-likeness (QED) is 0.827. The largest absolute Gasteiger partial charge is 0.481 e. The molecule has 1 aromatic rings. The van der Waals surface area contributed by atoms with Crippen molar-refractivity contribution in [1.82, 2.24) is 4.90 Å². The summed E-state index contributed by atoms with van der Waals surface area (Å²) in [6.07, 6.45) is -2.44. The van der Waals surface area contributed by atoms with E-state index in [-0.39, 0.29) is 0 Å². The van der Waals surface area contributed by atoms with E-state index in [4.69, 9.17) is 5.11 Å². The van der Waals surface area contributed by atoms with Crippen molar-refractivity contribution >= 4 is 11.9 Å². The summed E-state index contributed by atoms with van der Waals surface area (Å²) >= 11 is 0. The fourth-order valence-electron chi connectivity index (χ4n) is 4.24. The zero-order valence-electron chi connectivity index (χ0n) is 13.9. The first-order chi connectivity index (χ1) is 12.1. The van der Waals surface area contributed by atoms with E-state index in [2.05, 4.69) is 0 Å². The number of alkyl halides is 3. The van der Waals surface area contributed by atoms with Crippen LogP contribution in [0.2, 0.25) is 0 Å². The van der Waals surface area contributed by atoms with E-state index in [0.717, 1.165) is 4.90 Å². The Hall–Kier alpha value is -2.12. The molecule has 1 heterocycles. The third-order valence-corrected chi connectivity index (χ3v) is 5.59. The number of carbonyl (C=O) groups is 2. The Labute approximate surface area is 147 Å². The number of carboxylic acids is 1. The Morgan fingerprint density at radius 2 is 1.81 bits per heavy atom. The fraction of sp³-hybridized carbons (Fsp3) is 0.556. The third kappa shape index (κ3) is 3.17. The molecule has 0 bridgehead atoms. The van der Waals surface area contributed by atoms with Crippen molar-refractivity contribution in [3.63, 3.8) is 0 Å². The maximum absolute atomic E-state index is 13.7. The minimum atomic E-state index is -4.69. The van der Waals surface area contributed by atoms with Gasteiger partial charge < -0.3 is 10.0 Å². The fourth-order valence-corrected chi connectivity index (χ4v) is 4.24. The van der Waals surface area contributed by atoms with Crippen molar-refractivity contribution in [3.05, 3.63) is 35.6 Å². The molecule has 1 amide bonds. The van der Waals surface area contributed by atoms with Crippen molar-refractivity contribution in [2.24, 2.45) is 11.8 Å². The number of benzene rings is 1. The molecule has 1 aromatic carbocycles. The van der Waals surface area contributed by atoms with Gasteiger partial charge in [-0.1, -0.05) is 25.0 Å². The average molecular weight is 373 g/mol. The van der Waals surface area contributed by atoms with Crippen LogP contribution in [0, 0.1) is 17.7 Å². The van der Waals surface area contributed by atoms with Crippen LogP contribution in [0.1, 0.15) is 31.2 Å². The summed E-state index contributed by atoms with van der Waals surface area (Å²) in [6.45, 7) is -1.15. The number of amides is 1. The molecule has 4 nitrogen and oxygen atoms in total. The third-order valence-electron chi connectivity index (χ3n) is 5.59. The van der Waals surface area contributed by atoms with Gasteiger partial charge in [0, 0.05) is 13.1 Å². The number of halogens is 4. The van der Waals surface area contributed by atoms with Crippen LogP contribution in [-0.4, -0.2) is 41.1 Å². The molecule has 1 aliphatic heterocycles. The molecule has 2 aliphatic rings. The Morgan fingerprint density at radius 1 is 1.15 bits per heavy atom. The smallest absolute Gasteiger partial charge is 0.394 e. The van der Waals surface area contributed by atoms with Crippen molar-refractivity contribution in [2.45, 2.75) is 37.3 Å². The zero-order chi connectivity index (χ0) is 19.1. The highest BCUT2D eigenvalue weighted by Crippen LogP contribution is 2.45. The van der Waals surface area contributed by atoms with Crippen LogP contribution in [0.4, 0.5) is 17.6 Å². The number of hydrogen-bond donors (Lipinski definition) is 1. The van der Waals surface area contributed by atoms with Gasteiger partial charge in [-0.05, 0) is 30.5 Å². The lowest BCUT2D eigenvalue weighted by Gasteiger charge is -2.33. The summed E-state index contributed by atoms with van der Waals surface area (Å²) in [4.78, 5) is 25.4. The standard InChI is InChI=1S/C18H19F4NO3/c19-12-5-3-4-11(8-12)17(6-1-2-7-17)16(26)23-9-13(15(24)25)14(10-23)18(20,21)22/h3-5,8,13-14H,1-2,6-7,9-10H2,(H,24,25)/t13-,14-/m1/s1. The predicted octanol–water partition coefficient (Wildman–Crippen LogP) is 3.36. The lowest BCUT2D eigenvalue weighted by Crippen LogP contribution is -2.45. The van der Waals surface area contributed by atoms with Crippen molar-refractivity contribution in [3.8, 4) is 0 Å². The highest BCUT2D eigenvalue weighted by Gasteiger charge is 2.56. The zero-order valence-corrected chi connectivity index (χ0v) is 13.9. The first-order valence-electron chi connectivity index (χ1n) is 8.50.